The number of carbonyl (C=O) groups excluding carboxylic acids is 1. The maximum Gasteiger partial charge on any atom is 0.236 e. The summed E-state index contributed by atoms with van der Waals surface area (Å²) < 4.78 is 0. The number of nitrogens with zero attached hydrogens (tertiary/aromatic N) is 1. The van der Waals surface area contributed by atoms with Crippen LogP contribution in [0, 0.1) is 0 Å². The van der Waals surface area contributed by atoms with E-state index in [0.717, 1.165) is 5.56 Å². The summed E-state index contributed by atoms with van der Waals surface area (Å²) in [6, 6.07) is 10.3. The molecule has 0 aliphatic heterocycles. The van der Waals surface area contributed by atoms with Crippen molar-refractivity contribution in [3.05, 3.63) is 35.9 Å². The first-order valence-electron chi connectivity index (χ1n) is 5.61. The molecule has 1 amide bonds. The van der Waals surface area contributed by atoms with Crippen molar-refractivity contribution in [2.45, 2.75) is 26.4 Å². The summed E-state index contributed by atoms with van der Waals surface area (Å²) >= 11 is 0. The van der Waals surface area contributed by atoms with E-state index in [0.29, 0.717) is 19.1 Å². The number of nitrogens with one attached hydrogen (secondary N) is 1. The van der Waals surface area contributed by atoms with Gasteiger partial charge in [-0.1, -0.05) is 44.2 Å². The van der Waals surface area contributed by atoms with Crippen LogP contribution in [0.4, 0.5) is 0 Å². The molecule has 1 aromatic rings. The average Bonchev–Trinajstić information content (AvgIpc) is 2.27. The van der Waals surface area contributed by atoms with Gasteiger partial charge in [0.25, 0.3) is 0 Å². The fourth-order valence-corrected chi connectivity index (χ4v) is 1.37. The lowest BCUT2D eigenvalue weighted by atomic mass is 10.2. The minimum atomic E-state index is 0.123. The fraction of sp³-hybridized carbons (Fsp3) is 0.462. The van der Waals surface area contributed by atoms with E-state index in [1.54, 1.807) is 4.90 Å². The summed E-state index contributed by atoms with van der Waals surface area (Å²) in [7, 11) is 1.83. The maximum absolute atomic E-state index is 11.7. The molecule has 16 heavy (non-hydrogen) atoms. The molecule has 0 fully saturated rings. The van der Waals surface area contributed by atoms with Gasteiger partial charge in [0.15, 0.2) is 0 Å². The zero-order valence-corrected chi connectivity index (χ0v) is 10.2. The largest absolute Gasteiger partial charge is 0.340 e. The van der Waals surface area contributed by atoms with Crippen molar-refractivity contribution in [3.63, 3.8) is 0 Å². The lowest BCUT2D eigenvalue weighted by Crippen LogP contribution is -2.37. The molecule has 1 aromatic carbocycles. The van der Waals surface area contributed by atoms with Gasteiger partial charge < -0.3 is 10.2 Å². The molecule has 0 spiro atoms. The van der Waals surface area contributed by atoms with Crippen LogP contribution in [0.1, 0.15) is 19.4 Å². The van der Waals surface area contributed by atoms with Crippen LogP contribution in [0.15, 0.2) is 30.3 Å². The van der Waals surface area contributed by atoms with Gasteiger partial charge in [-0.2, -0.15) is 0 Å². The number of carbonyl (C=O) groups is 1. The number of likely N-dealkylation sites (N-methyl/N-ethyl adjacent to an activating group) is 1. The second-order valence-electron chi connectivity index (χ2n) is 4.27. The Hall–Kier alpha value is -1.35. The van der Waals surface area contributed by atoms with E-state index in [-0.39, 0.29) is 5.91 Å². The first kappa shape index (κ1) is 12.7. The maximum atomic E-state index is 11.7. The molecule has 0 aliphatic rings. The summed E-state index contributed by atoms with van der Waals surface area (Å²) in [5, 5.41) is 3.12. The van der Waals surface area contributed by atoms with Crippen molar-refractivity contribution in [1.82, 2.24) is 10.2 Å². The number of hydrogen-bond donors (Lipinski definition) is 1. The van der Waals surface area contributed by atoms with Gasteiger partial charge in [0, 0.05) is 19.6 Å². The normalized spacial score (nSPS) is 10.5. The van der Waals surface area contributed by atoms with Crippen molar-refractivity contribution < 1.29 is 4.79 Å². The molecule has 0 saturated carbocycles. The van der Waals surface area contributed by atoms with Gasteiger partial charge in [-0.3, -0.25) is 4.79 Å². The second kappa shape index (κ2) is 6.28. The number of rotatable bonds is 5. The first-order valence-corrected chi connectivity index (χ1v) is 5.61. The van der Waals surface area contributed by atoms with Gasteiger partial charge in [-0.15, -0.1) is 0 Å². The van der Waals surface area contributed by atoms with E-state index in [2.05, 4.69) is 5.32 Å². The second-order valence-corrected chi connectivity index (χ2v) is 4.27. The highest BCUT2D eigenvalue weighted by Crippen LogP contribution is 2.02. The Morgan fingerprint density at radius 1 is 1.31 bits per heavy atom. The third kappa shape index (κ3) is 4.45. The zero-order valence-electron chi connectivity index (χ0n) is 10.2. The first-order chi connectivity index (χ1) is 7.59. The van der Waals surface area contributed by atoms with E-state index in [9.17, 15) is 4.79 Å². The molecule has 0 radical (unpaired) electrons. The van der Waals surface area contributed by atoms with Gasteiger partial charge in [-0.25, -0.2) is 0 Å². The highest BCUT2D eigenvalue weighted by molar-refractivity contribution is 5.77. The lowest BCUT2D eigenvalue weighted by Gasteiger charge is -2.18. The van der Waals surface area contributed by atoms with Crippen LogP contribution in [0.5, 0.6) is 0 Å². The number of benzene rings is 1. The minimum absolute atomic E-state index is 0.123. The van der Waals surface area contributed by atoms with Gasteiger partial charge >= 0.3 is 0 Å². The van der Waals surface area contributed by atoms with Crippen molar-refractivity contribution >= 4 is 5.91 Å². The molecular formula is C13H20N2O. The van der Waals surface area contributed by atoms with Crippen molar-refractivity contribution in [2.75, 3.05) is 13.6 Å². The number of amides is 1. The van der Waals surface area contributed by atoms with Crippen LogP contribution in [0.2, 0.25) is 0 Å². The Balaban J connectivity index is 2.40. The highest BCUT2D eigenvalue weighted by atomic mass is 16.2. The Morgan fingerprint density at radius 2 is 1.94 bits per heavy atom. The van der Waals surface area contributed by atoms with Crippen molar-refractivity contribution in [1.29, 1.82) is 0 Å². The summed E-state index contributed by atoms with van der Waals surface area (Å²) in [4.78, 5) is 13.5. The Kier molecular flexibility index (Phi) is 4.99. The fourth-order valence-electron chi connectivity index (χ4n) is 1.37. The molecule has 0 heterocycles. The Morgan fingerprint density at radius 3 is 2.50 bits per heavy atom. The van der Waals surface area contributed by atoms with Crippen LogP contribution in [0.3, 0.4) is 0 Å². The average molecular weight is 220 g/mol. The topological polar surface area (TPSA) is 32.3 Å². The molecule has 1 N–H and O–H groups in total. The lowest BCUT2D eigenvalue weighted by molar-refractivity contribution is -0.129. The molecule has 0 atom stereocenters. The molecular weight excluding hydrogens is 200 g/mol. The van der Waals surface area contributed by atoms with E-state index in [1.807, 2.05) is 51.2 Å². The summed E-state index contributed by atoms with van der Waals surface area (Å²) in [5.41, 5.74) is 1.16. The number of hydrogen-bond acceptors (Lipinski definition) is 2. The molecule has 0 unspecified atom stereocenters. The standard InChI is InChI=1S/C13H20N2O/c1-11(2)14-9-13(16)15(3)10-12-7-5-4-6-8-12/h4-8,11,14H,9-10H2,1-3H3. The van der Waals surface area contributed by atoms with E-state index in [1.165, 1.54) is 0 Å². The Labute approximate surface area is 97.5 Å². The highest BCUT2D eigenvalue weighted by Gasteiger charge is 2.08. The molecule has 3 heteroatoms. The summed E-state index contributed by atoms with van der Waals surface area (Å²) in [6.07, 6.45) is 0. The van der Waals surface area contributed by atoms with E-state index < -0.39 is 0 Å². The van der Waals surface area contributed by atoms with E-state index >= 15 is 0 Å². The smallest absolute Gasteiger partial charge is 0.236 e. The van der Waals surface area contributed by atoms with Crippen LogP contribution in [0.25, 0.3) is 0 Å². The minimum Gasteiger partial charge on any atom is -0.340 e. The van der Waals surface area contributed by atoms with Gasteiger partial charge in [0.05, 0.1) is 6.54 Å². The molecule has 3 nitrogen and oxygen atoms in total. The predicted octanol–water partition coefficient (Wildman–Crippen LogP) is 1.64. The van der Waals surface area contributed by atoms with Gasteiger partial charge in [-0.05, 0) is 5.56 Å². The van der Waals surface area contributed by atoms with Crippen LogP contribution >= 0.6 is 0 Å². The van der Waals surface area contributed by atoms with Crippen LogP contribution < -0.4 is 5.32 Å². The van der Waals surface area contributed by atoms with Crippen molar-refractivity contribution in [2.24, 2.45) is 0 Å². The summed E-state index contributed by atoms with van der Waals surface area (Å²) in [5.74, 6) is 0.123. The van der Waals surface area contributed by atoms with Crippen LogP contribution in [-0.2, 0) is 11.3 Å². The Bertz CT molecular complexity index is 322. The quantitative estimate of drug-likeness (QED) is 0.818. The zero-order chi connectivity index (χ0) is 12.0. The van der Waals surface area contributed by atoms with Crippen molar-refractivity contribution in [3.8, 4) is 0 Å². The molecule has 0 aromatic heterocycles. The van der Waals surface area contributed by atoms with Gasteiger partial charge in [0.1, 0.15) is 0 Å². The monoisotopic (exact) mass is 220 g/mol. The van der Waals surface area contributed by atoms with Gasteiger partial charge in [0.2, 0.25) is 5.91 Å². The van der Waals surface area contributed by atoms with Crippen LogP contribution in [-0.4, -0.2) is 30.4 Å². The molecule has 0 bridgehead atoms. The third-order valence-electron chi connectivity index (χ3n) is 2.35. The predicted molar refractivity (Wildman–Crippen MR) is 66.1 cm³/mol. The molecule has 88 valence electrons. The summed E-state index contributed by atoms with van der Waals surface area (Å²) in [6.45, 7) is 5.13. The molecule has 0 saturated heterocycles. The van der Waals surface area contributed by atoms with E-state index in [4.69, 9.17) is 0 Å². The molecule has 1 rings (SSSR count). The SMILES string of the molecule is CC(C)NCC(=O)N(C)Cc1ccccc1. The molecule has 0 aliphatic carbocycles. The third-order valence-corrected chi connectivity index (χ3v) is 2.35.